The van der Waals surface area contributed by atoms with Crippen molar-refractivity contribution in [2.75, 3.05) is 37.5 Å². The third kappa shape index (κ3) is 3.62. The molecule has 7 heteroatoms. The Labute approximate surface area is 145 Å². The van der Waals surface area contributed by atoms with Crippen molar-refractivity contribution in [3.8, 4) is 5.75 Å². The van der Waals surface area contributed by atoms with Crippen molar-refractivity contribution in [3.63, 3.8) is 0 Å². The zero-order valence-electron chi connectivity index (χ0n) is 13.8. The number of thiazole rings is 1. The van der Waals surface area contributed by atoms with Crippen molar-refractivity contribution in [2.24, 2.45) is 0 Å². The summed E-state index contributed by atoms with van der Waals surface area (Å²) in [5.41, 5.74) is 1.39. The Kier molecular flexibility index (Phi) is 5.20. The van der Waals surface area contributed by atoms with Gasteiger partial charge in [-0.1, -0.05) is 0 Å². The lowest BCUT2D eigenvalue weighted by Gasteiger charge is -2.33. The molecule has 3 rings (SSSR count). The molecule has 1 aliphatic rings. The van der Waals surface area contributed by atoms with E-state index in [9.17, 15) is 4.79 Å². The van der Waals surface area contributed by atoms with Gasteiger partial charge in [0.15, 0.2) is 5.13 Å². The first-order valence-corrected chi connectivity index (χ1v) is 8.76. The SMILES string of the molecule is COC(=O)c1ccc(NC2CCN(c3nccs3)CC2)c(OC)c1. The summed E-state index contributed by atoms with van der Waals surface area (Å²) in [5, 5.41) is 6.63. The van der Waals surface area contributed by atoms with Gasteiger partial charge in [0, 0.05) is 30.7 Å². The largest absolute Gasteiger partial charge is 0.495 e. The van der Waals surface area contributed by atoms with E-state index in [1.165, 1.54) is 7.11 Å². The first kappa shape index (κ1) is 16.6. The Hall–Kier alpha value is -2.28. The molecule has 1 aromatic heterocycles. The number of rotatable bonds is 5. The number of ether oxygens (including phenoxy) is 2. The van der Waals surface area contributed by atoms with Gasteiger partial charge in [-0.2, -0.15) is 0 Å². The molecule has 6 nitrogen and oxygen atoms in total. The van der Waals surface area contributed by atoms with Crippen LogP contribution in [0.5, 0.6) is 5.75 Å². The average Bonchev–Trinajstić information content (AvgIpc) is 3.16. The van der Waals surface area contributed by atoms with Crippen LogP contribution in [-0.2, 0) is 4.74 Å². The molecule has 0 amide bonds. The summed E-state index contributed by atoms with van der Waals surface area (Å²) < 4.78 is 10.2. The Bertz CT molecular complexity index is 682. The third-order valence-electron chi connectivity index (χ3n) is 4.17. The molecular formula is C17H21N3O3S. The first-order chi connectivity index (χ1) is 11.7. The fraction of sp³-hybridized carbons (Fsp3) is 0.412. The molecule has 0 spiro atoms. The minimum Gasteiger partial charge on any atom is -0.495 e. The molecule has 1 N–H and O–H groups in total. The number of anilines is 2. The van der Waals surface area contributed by atoms with Crippen LogP contribution in [0.1, 0.15) is 23.2 Å². The van der Waals surface area contributed by atoms with E-state index < -0.39 is 0 Å². The highest BCUT2D eigenvalue weighted by atomic mass is 32.1. The molecule has 1 saturated heterocycles. The van der Waals surface area contributed by atoms with Crippen LogP contribution in [0, 0.1) is 0 Å². The van der Waals surface area contributed by atoms with Gasteiger partial charge in [0.2, 0.25) is 0 Å². The maximum absolute atomic E-state index is 11.6. The molecule has 0 bridgehead atoms. The van der Waals surface area contributed by atoms with Crippen molar-refractivity contribution >= 4 is 28.1 Å². The minimum absolute atomic E-state index is 0.364. The highest BCUT2D eigenvalue weighted by Gasteiger charge is 2.21. The number of carbonyl (C=O) groups is 1. The molecule has 0 radical (unpaired) electrons. The summed E-state index contributed by atoms with van der Waals surface area (Å²) in [6, 6.07) is 5.71. The van der Waals surface area contributed by atoms with E-state index in [2.05, 4.69) is 15.2 Å². The van der Waals surface area contributed by atoms with Gasteiger partial charge in [-0.3, -0.25) is 0 Å². The Morgan fingerprint density at radius 1 is 1.33 bits per heavy atom. The minimum atomic E-state index is -0.364. The second-order valence-corrected chi connectivity index (χ2v) is 6.50. The second-order valence-electron chi connectivity index (χ2n) is 5.63. The molecule has 0 aliphatic carbocycles. The molecular weight excluding hydrogens is 326 g/mol. The molecule has 0 unspecified atom stereocenters. The summed E-state index contributed by atoms with van der Waals surface area (Å²) >= 11 is 1.68. The lowest BCUT2D eigenvalue weighted by Crippen LogP contribution is -2.39. The number of carbonyl (C=O) groups excluding carboxylic acids is 1. The van der Waals surface area contributed by atoms with Gasteiger partial charge in [0.25, 0.3) is 0 Å². The summed E-state index contributed by atoms with van der Waals surface area (Å²) in [6.07, 6.45) is 3.90. The Morgan fingerprint density at radius 2 is 2.12 bits per heavy atom. The molecule has 2 heterocycles. The van der Waals surface area contributed by atoms with E-state index in [1.54, 1.807) is 30.6 Å². The lowest BCUT2D eigenvalue weighted by molar-refractivity contribution is 0.0600. The molecule has 1 aliphatic heterocycles. The zero-order chi connectivity index (χ0) is 16.9. The predicted molar refractivity (Wildman–Crippen MR) is 95.3 cm³/mol. The van der Waals surface area contributed by atoms with Crippen LogP contribution in [0.25, 0.3) is 0 Å². The summed E-state index contributed by atoms with van der Waals surface area (Å²) in [5.74, 6) is 0.289. The van der Waals surface area contributed by atoms with Crippen LogP contribution < -0.4 is 15.0 Å². The number of nitrogens with zero attached hydrogens (tertiary/aromatic N) is 2. The number of esters is 1. The van der Waals surface area contributed by atoms with Crippen LogP contribution in [0.3, 0.4) is 0 Å². The van der Waals surface area contributed by atoms with Crippen LogP contribution in [-0.4, -0.2) is 44.3 Å². The molecule has 24 heavy (non-hydrogen) atoms. The van der Waals surface area contributed by atoms with Crippen LogP contribution >= 0.6 is 11.3 Å². The van der Waals surface area contributed by atoms with Crippen LogP contribution in [0.4, 0.5) is 10.8 Å². The van der Waals surface area contributed by atoms with E-state index in [4.69, 9.17) is 9.47 Å². The fourth-order valence-corrected chi connectivity index (χ4v) is 3.56. The van der Waals surface area contributed by atoms with E-state index in [0.717, 1.165) is 36.8 Å². The maximum atomic E-state index is 11.6. The fourth-order valence-electron chi connectivity index (χ4n) is 2.86. The molecule has 0 atom stereocenters. The van der Waals surface area contributed by atoms with Crippen LogP contribution in [0.2, 0.25) is 0 Å². The van der Waals surface area contributed by atoms with Crippen molar-refractivity contribution in [2.45, 2.75) is 18.9 Å². The number of benzene rings is 1. The predicted octanol–water partition coefficient (Wildman–Crippen LogP) is 3.02. The van der Waals surface area contributed by atoms with E-state index >= 15 is 0 Å². The highest BCUT2D eigenvalue weighted by Crippen LogP contribution is 2.29. The van der Waals surface area contributed by atoms with Gasteiger partial charge in [0.1, 0.15) is 5.75 Å². The van der Waals surface area contributed by atoms with E-state index in [-0.39, 0.29) is 5.97 Å². The van der Waals surface area contributed by atoms with Crippen molar-refractivity contribution in [1.82, 2.24) is 4.98 Å². The molecule has 1 fully saturated rings. The monoisotopic (exact) mass is 347 g/mol. The normalized spacial score (nSPS) is 15.2. The van der Waals surface area contributed by atoms with Gasteiger partial charge in [-0.05, 0) is 31.0 Å². The summed E-state index contributed by atoms with van der Waals surface area (Å²) in [7, 11) is 2.98. The highest BCUT2D eigenvalue weighted by molar-refractivity contribution is 7.13. The number of aromatic nitrogens is 1. The Balaban J connectivity index is 1.63. The van der Waals surface area contributed by atoms with Gasteiger partial charge in [0.05, 0.1) is 25.5 Å². The van der Waals surface area contributed by atoms with Gasteiger partial charge < -0.3 is 19.7 Å². The topological polar surface area (TPSA) is 63.7 Å². The molecule has 0 saturated carbocycles. The number of methoxy groups -OCH3 is 2. The quantitative estimate of drug-likeness (QED) is 0.839. The smallest absolute Gasteiger partial charge is 0.337 e. The number of piperidine rings is 1. The number of hydrogen-bond donors (Lipinski definition) is 1. The van der Waals surface area contributed by atoms with Crippen molar-refractivity contribution < 1.29 is 14.3 Å². The molecule has 2 aromatic rings. The lowest BCUT2D eigenvalue weighted by atomic mass is 10.0. The first-order valence-electron chi connectivity index (χ1n) is 7.88. The number of hydrogen-bond acceptors (Lipinski definition) is 7. The average molecular weight is 347 g/mol. The van der Waals surface area contributed by atoms with Crippen LogP contribution in [0.15, 0.2) is 29.8 Å². The standard InChI is InChI=1S/C17H21N3O3S/c1-22-15-11-12(16(21)23-2)3-4-14(15)19-13-5-8-20(9-6-13)17-18-7-10-24-17/h3-4,7,10-11,13,19H,5-6,8-9H2,1-2H3. The van der Waals surface area contributed by atoms with Gasteiger partial charge >= 0.3 is 5.97 Å². The summed E-state index contributed by atoms with van der Waals surface area (Å²) in [6.45, 7) is 1.96. The van der Waals surface area contributed by atoms with Gasteiger partial charge in [-0.15, -0.1) is 11.3 Å². The van der Waals surface area contributed by atoms with E-state index in [1.807, 2.05) is 17.6 Å². The van der Waals surface area contributed by atoms with Crippen molar-refractivity contribution in [1.29, 1.82) is 0 Å². The van der Waals surface area contributed by atoms with E-state index in [0.29, 0.717) is 17.4 Å². The van der Waals surface area contributed by atoms with Crippen molar-refractivity contribution in [3.05, 3.63) is 35.3 Å². The number of nitrogens with one attached hydrogen (secondary N) is 1. The van der Waals surface area contributed by atoms with Gasteiger partial charge in [-0.25, -0.2) is 9.78 Å². The zero-order valence-corrected chi connectivity index (χ0v) is 14.6. The summed E-state index contributed by atoms with van der Waals surface area (Å²) in [4.78, 5) is 18.3. The second kappa shape index (κ2) is 7.53. The third-order valence-corrected chi connectivity index (χ3v) is 5.00. The molecule has 128 valence electrons. The molecule has 1 aromatic carbocycles. The maximum Gasteiger partial charge on any atom is 0.337 e. The Morgan fingerprint density at radius 3 is 2.75 bits per heavy atom.